The van der Waals surface area contributed by atoms with Crippen molar-refractivity contribution in [3.8, 4) is 0 Å². The fourth-order valence-corrected chi connectivity index (χ4v) is 4.02. The minimum atomic E-state index is 0.742. The molecule has 2 rings (SSSR count). The van der Waals surface area contributed by atoms with E-state index in [0.717, 1.165) is 30.5 Å². The fourth-order valence-electron chi connectivity index (χ4n) is 4.02. The molecule has 2 heteroatoms. The molecule has 2 nitrogen and oxygen atoms in total. The molecule has 0 spiro atoms. The smallest absolute Gasteiger partial charge is 0.0246 e. The van der Waals surface area contributed by atoms with E-state index < -0.39 is 0 Å². The summed E-state index contributed by atoms with van der Waals surface area (Å²) < 4.78 is 0. The third-order valence-corrected chi connectivity index (χ3v) is 4.89. The van der Waals surface area contributed by atoms with E-state index in [1.54, 1.807) is 0 Å². The number of piperidine rings is 1. The molecule has 1 N–H and O–H groups in total. The van der Waals surface area contributed by atoms with Gasteiger partial charge >= 0.3 is 0 Å². The Morgan fingerprint density at radius 2 is 1.82 bits per heavy atom. The zero-order valence-corrected chi connectivity index (χ0v) is 11.9. The molecule has 100 valence electrons. The summed E-state index contributed by atoms with van der Waals surface area (Å²) in [4.78, 5) is 2.86. The van der Waals surface area contributed by atoms with Gasteiger partial charge in [-0.15, -0.1) is 0 Å². The van der Waals surface area contributed by atoms with Gasteiger partial charge in [-0.1, -0.05) is 26.7 Å². The number of rotatable bonds is 4. The second-order valence-electron chi connectivity index (χ2n) is 6.36. The molecule has 0 aromatic rings. The molecule has 2 aliphatic rings. The lowest BCUT2D eigenvalue weighted by Crippen LogP contribution is -2.55. The summed E-state index contributed by atoms with van der Waals surface area (Å²) in [6.07, 6.45) is 8.80. The molecule has 0 radical (unpaired) electrons. The van der Waals surface area contributed by atoms with Gasteiger partial charge < -0.3 is 5.32 Å². The summed E-state index contributed by atoms with van der Waals surface area (Å²) >= 11 is 0. The normalized spacial score (nSPS) is 32.5. The first-order valence-corrected chi connectivity index (χ1v) is 7.64. The summed E-state index contributed by atoms with van der Waals surface area (Å²) in [5, 5.41) is 3.40. The van der Waals surface area contributed by atoms with Gasteiger partial charge in [0.25, 0.3) is 0 Å². The minimum Gasteiger partial charge on any atom is -0.318 e. The molecule has 1 saturated carbocycles. The van der Waals surface area contributed by atoms with Crippen LogP contribution in [-0.4, -0.2) is 37.1 Å². The van der Waals surface area contributed by atoms with Gasteiger partial charge in [-0.3, -0.25) is 4.90 Å². The highest BCUT2D eigenvalue weighted by Crippen LogP contribution is 2.37. The Balaban J connectivity index is 2.05. The van der Waals surface area contributed by atoms with E-state index in [9.17, 15) is 0 Å². The molecule has 2 fully saturated rings. The van der Waals surface area contributed by atoms with Crippen molar-refractivity contribution in [1.82, 2.24) is 10.2 Å². The summed E-state index contributed by atoms with van der Waals surface area (Å²) in [6.45, 7) is 7.26. The summed E-state index contributed by atoms with van der Waals surface area (Å²) in [5.41, 5.74) is 0. The van der Waals surface area contributed by atoms with Crippen molar-refractivity contribution in [2.75, 3.05) is 20.1 Å². The molecule has 0 amide bonds. The van der Waals surface area contributed by atoms with Crippen molar-refractivity contribution in [3.63, 3.8) is 0 Å². The van der Waals surface area contributed by atoms with E-state index in [1.807, 2.05) is 0 Å². The number of likely N-dealkylation sites (tertiary alicyclic amines) is 1. The van der Waals surface area contributed by atoms with E-state index in [4.69, 9.17) is 0 Å². The monoisotopic (exact) mass is 238 g/mol. The molecule has 0 bridgehead atoms. The van der Waals surface area contributed by atoms with Crippen molar-refractivity contribution in [2.45, 2.75) is 64.5 Å². The van der Waals surface area contributed by atoms with Crippen molar-refractivity contribution in [3.05, 3.63) is 0 Å². The average Bonchev–Trinajstić information content (AvgIpc) is 2.35. The van der Waals surface area contributed by atoms with E-state index >= 15 is 0 Å². The van der Waals surface area contributed by atoms with Crippen molar-refractivity contribution >= 4 is 0 Å². The first-order chi connectivity index (χ1) is 8.24. The highest BCUT2D eigenvalue weighted by atomic mass is 15.2. The maximum Gasteiger partial charge on any atom is 0.0246 e. The lowest BCUT2D eigenvalue weighted by molar-refractivity contribution is 0.0108. The van der Waals surface area contributed by atoms with Gasteiger partial charge in [0.05, 0.1) is 0 Å². The molecule has 0 aromatic carbocycles. The lowest BCUT2D eigenvalue weighted by Gasteiger charge is -2.49. The fraction of sp³-hybridized carbons (Fsp3) is 1.00. The second-order valence-corrected chi connectivity index (χ2v) is 6.36. The van der Waals surface area contributed by atoms with Crippen LogP contribution in [0.2, 0.25) is 0 Å². The maximum absolute atomic E-state index is 3.40. The van der Waals surface area contributed by atoms with Crippen LogP contribution in [0.25, 0.3) is 0 Å². The Kier molecular flexibility index (Phi) is 4.87. The van der Waals surface area contributed by atoms with Crippen molar-refractivity contribution in [1.29, 1.82) is 0 Å². The number of hydrogen-bond acceptors (Lipinski definition) is 2. The molecule has 17 heavy (non-hydrogen) atoms. The number of fused-ring (bicyclic) bond motifs is 1. The SMILES string of the molecule is CNCC(C(C)C)N1CCCC2CCCCC21. The summed E-state index contributed by atoms with van der Waals surface area (Å²) in [6, 6.07) is 1.64. The highest BCUT2D eigenvalue weighted by Gasteiger charge is 2.37. The molecule has 0 aromatic heterocycles. The van der Waals surface area contributed by atoms with Crippen LogP contribution >= 0.6 is 0 Å². The topological polar surface area (TPSA) is 15.3 Å². The number of nitrogens with zero attached hydrogens (tertiary/aromatic N) is 1. The molecular weight excluding hydrogens is 208 g/mol. The van der Waals surface area contributed by atoms with Crippen LogP contribution in [0.1, 0.15) is 52.4 Å². The van der Waals surface area contributed by atoms with Crippen LogP contribution in [0.5, 0.6) is 0 Å². The largest absolute Gasteiger partial charge is 0.318 e. The standard InChI is InChI=1S/C15H30N2/c1-12(2)15(11-16-3)17-10-6-8-13-7-4-5-9-14(13)17/h12-16H,4-11H2,1-3H3. The van der Waals surface area contributed by atoms with Crippen LogP contribution in [0.15, 0.2) is 0 Å². The minimum absolute atomic E-state index is 0.742. The van der Waals surface area contributed by atoms with Gasteiger partial charge in [0.15, 0.2) is 0 Å². The average molecular weight is 238 g/mol. The lowest BCUT2D eigenvalue weighted by atomic mass is 9.77. The second kappa shape index (κ2) is 6.19. The van der Waals surface area contributed by atoms with E-state index in [1.165, 1.54) is 45.1 Å². The van der Waals surface area contributed by atoms with E-state index in [2.05, 4.69) is 31.1 Å². The molecule has 3 unspecified atom stereocenters. The predicted octanol–water partition coefficient (Wildman–Crippen LogP) is 2.89. The maximum atomic E-state index is 3.40. The molecule has 1 heterocycles. The van der Waals surface area contributed by atoms with Gasteiger partial charge in [-0.25, -0.2) is 0 Å². The van der Waals surface area contributed by atoms with Crippen LogP contribution in [0, 0.1) is 11.8 Å². The molecule has 1 aliphatic carbocycles. The van der Waals surface area contributed by atoms with E-state index in [0.29, 0.717) is 0 Å². The van der Waals surface area contributed by atoms with Gasteiger partial charge in [0, 0.05) is 18.6 Å². The summed E-state index contributed by atoms with van der Waals surface area (Å²) in [5.74, 6) is 1.78. The Morgan fingerprint density at radius 3 is 2.53 bits per heavy atom. The van der Waals surface area contributed by atoms with Crippen molar-refractivity contribution < 1.29 is 0 Å². The third-order valence-electron chi connectivity index (χ3n) is 4.89. The number of nitrogens with one attached hydrogen (secondary N) is 1. The van der Waals surface area contributed by atoms with Crippen LogP contribution in [0.4, 0.5) is 0 Å². The Bertz CT molecular complexity index is 221. The van der Waals surface area contributed by atoms with Crippen LogP contribution in [0.3, 0.4) is 0 Å². The Hall–Kier alpha value is -0.0800. The summed E-state index contributed by atoms with van der Waals surface area (Å²) in [7, 11) is 2.09. The van der Waals surface area contributed by atoms with Gasteiger partial charge in [0.2, 0.25) is 0 Å². The van der Waals surface area contributed by atoms with Crippen molar-refractivity contribution in [2.24, 2.45) is 11.8 Å². The number of likely N-dealkylation sites (N-methyl/N-ethyl adjacent to an activating group) is 1. The van der Waals surface area contributed by atoms with Gasteiger partial charge in [0.1, 0.15) is 0 Å². The van der Waals surface area contributed by atoms with Gasteiger partial charge in [-0.05, 0) is 51.1 Å². The van der Waals surface area contributed by atoms with Gasteiger partial charge in [-0.2, -0.15) is 0 Å². The van der Waals surface area contributed by atoms with E-state index in [-0.39, 0.29) is 0 Å². The molecule has 1 aliphatic heterocycles. The predicted molar refractivity (Wildman–Crippen MR) is 74.2 cm³/mol. The van der Waals surface area contributed by atoms with Crippen LogP contribution in [-0.2, 0) is 0 Å². The quantitative estimate of drug-likeness (QED) is 0.810. The Morgan fingerprint density at radius 1 is 1.12 bits per heavy atom. The molecular formula is C15H30N2. The zero-order chi connectivity index (χ0) is 12.3. The highest BCUT2D eigenvalue weighted by molar-refractivity contribution is 4.91. The number of hydrogen-bond donors (Lipinski definition) is 1. The third kappa shape index (κ3) is 3.03. The zero-order valence-electron chi connectivity index (χ0n) is 11.9. The first-order valence-electron chi connectivity index (χ1n) is 7.64. The van der Waals surface area contributed by atoms with Crippen LogP contribution < -0.4 is 5.32 Å². The first kappa shape index (κ1) is 13.4. The molecule has 3 atom stereocenters. The Labute approximate surface area is 107 Å². The molecule has 1 saturated heterocycles.